The van der Waals surface area contributed by atoms with E-state index >= 15 is 0 Å². The highest BCUT2D eigenvalue weighted by Crippen LogP contribution is 2.17. The van der Waals surface area contributed by atoms with Crippen molar-refractivity contribution >= 4 is 15.9 Å². The summed E-state index contributed by atoms with van der Waals surface area (Å²) in [5, 5.41) is 10.0. The Morgan fingerprint density at radius 1 is 1.35 bits per heavy atom. The fraction of sp³-hybridized carbons (Fsp3) is 0.538. The molecule has 1 aromatic carbocycles. The molecule has 0 aliphatic heterocycles. The quantitative estimate of drug-likeness (QED) is 0.785. The van der Waals surface area contributed by atoms with Gasteiger partial charge in [-0.2, -0.15) is 0 Å². The maximum absolute atomic E-state index is 10.0. The number of benzene rings is 1. The Morgan fingerprint density at radius 2 is 2.00 bits per heavy atom. The van der Waals surface area contributed by atoms with Gasteiger partial charge in [0.05, 0.1) is 12.7 Å². The van der Waals surface area contributed by atoms with Crippen LogP contribution in [-0.2, 0) is 4.74 Å². The molecule has 3 nitrogen and oxygen atoms in total. The van der Waals surface area contributed by atoms with Gasteiger partial charge < -0.3 is 14.7 Å². The van der Waals surface area contributed by atoms with Crippen molar-refractivity contribution in [1.29, 1.82) is 0 Å². The van der Waals surface area contributed by atoms with Gasteiger partial charge in [0.15, 0.2) is 0 Å². The van der Waals surface area contributed by atoms with E-state index in [2.05, 4.69) is 20.8 Å². The standard InChI is InChI=1S/C13H20BrNO2/c1-3-17-9-8-15(2)10-13(16)11-4-6-12(14)7-5-11/h4-7,13,16H,3,8-10H2,1-2H3. The van der Waals surface area contributed by atoms with Crippen molar-refractivity contribution in [3.63, 3.8) is 0 Å². The van der Waals surface area contributed by atoms with Crippen LogP contribution in [0.25, 0.3) is 0 Å². The molecular formula is C13H20BrNO2. The highest BCUT2D eigenvalue weighted by molar-refractivity contribution is 9.10. The summed E-state index contributed by atoms with van der Waals surface area (Å²) in [4.78, 5) is 2.07. The van der Waals surface area contributed by atoms with Crippen molar-refractivity contribution in [2.45, 2.75) is 13.0 Å². The molecule has 1 aromatic rings. The first-order chi connectivity index (χ1) is 8.13. The summed E-state index contributed by atoms with van der Waals surface area (Å²) in [6, 6.07) is 7.76. The van der Waals surface area contributed by atoms with Crippen LogP contribution in [0.3, 0.4) is 0 Å². The maximum atomic E-state index is 10.0. The molecule has 0 aromatic heterocycles. The van der Waals surface area contributed by atoms with E-state index in [9.17, 15) is 5.11 Å². The molecule has 0 aliphatic rings. The molecule has 4 heteroatoms. The van der Waals surface area contributed by atoms with Crippen LogP contribution in [0.15, 0.2) is 28.7 Å². The maximum Gasteiger partial charge on any atom is 0.0916 e. The first kappa shape index (κ1) is 14.6. The Balaban J connectivity index is 2.37. The number of halogens is 1. The average molecular weight is 302 g/mol. The Bertz CT molecular complexity index is 316. The number of hydrogen-bond acceptors (Lipinski definition) is 3. The molecule has 0 aliphatic carbocycles. The smallest absolute Gasteiger partial charge is 0.0916 e. The predicted molar refractivity (Wildman–Crippen MR) is 73.1 cm³/mol. The fourth-order valence-electron chi connectivity index (χ4n) is 1.54. The summed E-state index contributed by atoms with van der Waals surface area (Å²) >= 11 is 3.38. The lowest BCUT2D eigenvalue weighted by molar-refractivity contribution is 0.0891. The summed E-state index contributed by atoms with van der Waals surface area (Å²) in [5.74, 6) is 0. The van der Waals surface area contributed by atoms with Crippen molar-refractivity contribution in [1.82, 2.24) is 4.90 Å². The summed E-state index contributed by atoms with van der Waals surface area (Å²) in [6.45, 7) is 4.88. The number of nitrogens with zero attached hydrogens (tertiary/aromatic N) is 1. The summed E-state index contributed by atoms with van der Waals surface area (Å²) < 4.78 is 6.30. The molecule has 0 heterocycles. The van der Waals surface area contributed by atoms with Crippen molar-refractivity contribution in [2.24, 2.45) is 0 Å². The van der Waals surface area contributed by atoms with Gasteiger partial charge in [-0.3, -0.25) is 0 Å². The van der Waals surface area contributed by atoms with Crippen LogP contribution in [0.5, 0.6) is 0 Å². The van der Waals surface area contributed by atoms with Gasteiger partial charge in [0.25, 0.3) is 0 Å². The van der Waals surface area contributed by atoms with Gasteiger partial charge in [0.1, 0.15) is 0 Å². The number of ether oxygens (including phenoxy) is 1. The molecule has 0 radical (unpaired) electrons. The molecular weight excluding hydrogens is 282 g/mol. The van der Waals surface area contributed by atoms with E-state index in [0.29, 0.717) is 13.2 Å². The number of likely N-dealkylation sites (N-methyl/N-ethyl adjacent to an activating group) is 1. The molecule has 17 heavy (non-hydrogen) atoms. The summed E-state index contributed by atoms with van der Waals surface area (Å²) in [5.41, 5.74) is 0.941. The topological polar surface area (TPSA) is 32.7 Å². The minimum atomic E-state index is -0.449. The molecule has 1 N–H and O–H groups in total. The third-order valence-corrected chi connectivity index (χ3v) is 3.09. The first-order valence-electron chi connectivity index (χ1n) is 5.83. The molecule has 96 valence electrons. The second-order valence-electron chi connectivity index (χ2n) is 4.03. The molecule has 1 atom stereocenters. The van der Waals surface area contributed by atoms with E-state index in [1.54, 1.807) is 0 Å². The predicted octanol–water partition coefficient (Wildman–Crippen LogP) is 2.45. The zero-order valence-electron chi connectivity index (χ0n) is 10.4. The molecule has 0 saturated heterocycles. The third kappa shape index (κ3) is 5.64. The minimum absolute atomic E-state index is 0.449. The molecule has 1 unspecified atom stereocenters. The highest BCUT2D eigenvalue weighted by Gasteiger charge is 2.10. The van der Waals surface area contributed by atoms with Crippen LogP contribution in [0, 0.1) is 0 Å². The largest absolute Gasteiger partial charge is 0.387 e. The number of rotatable bonds is 7. The summed E-state index contributed by atoms with van der Waals surface area (Å²) in [7, 11) is 1.99. The molecule has 0 spiro atoms. The Kier molecular flexibility index (Phi) is 6.73. The van der Waals surface area contributed by atoms with E-state index in [0.717, 1.165) is 23.2 Å². The van der Waals surface area contributed by atoms with E-state index in [1.807, 2.05) is 38.2 Å². The lowest BCUT2D eigenvalue weighted by Gasteiger charge is -2.20. The lowest BCUT2D eigenvalue weighted by atomic mass is 10.1. The second kappa shape index (κ2) is 7.82. The van der Waals surface area contributed by atoms with Crippen LogP contribution in [0.1, 0.15) is 18.6 Å². The van der Waals surface area contributed by atoms with Crippen molar-refractivity contribution < 1.29 is 9.84 Å². The molecule has 0 amide bonds. The van der Waals surface area contributed by atoms with E-state index in [1.165, 1.54) is 0 Å². The molecule has 0 bridgehead atoms. The van der Waals surface area contributed by atoms with Crippen LogP contribution in [0.2, 0.25) is 0 Å². The van der Waals surface area contributed by atoms with Crippen molar-refractivity contribution in [3.8, 4) is 0 Å². The van der Waals surface area contributed by atoms with Crippen LogP contribution in [-0.4, -0.2) is 43.4 Å². The monoisotopic (exact) mass is 301 g/mol. The van der Waals surface area contributed by atoms with Gasteiger partial charge >= 0.3 is 0 Å². The third-order valence-electron chi connectivity index (χ3n) is 2.56. The second-order valence-corrected chi connectivity index (χ2v) is 4.94. The van der Waals surface area contributed by atoms with Crippen LogP contribution in [0.4, 0.5) is 0 Å². The Labute approximate surface area is 112 Å². The summed E-state index contributed by atoms with van der Waals surface area (Å²) in [6.07, 6.45) is -0.449. The van der Waals surface area contributed by atoms with Gasteiger partial charge in [-0.1, -0.05) is 28.1 Å². The number of hydrogen-bond donors (Lipinski definition) is 1. The van der Waals surface area contributed by atoms with Gasteiger partial charge in [0.2, 0.25) is 0 Å². The minimum Gasteiger partial charge on any atom is -0.387 e. The molecule has 0 fully saturated rings. The van der Waals surface area contributed by atoms with E-state index < -0.39 is 6.10 Å². The SMILES string of the molecule is CCOCCN(C)CC(O)c1ccc(Br)cc1. The number of aliphatic hydroxyl groups is 1. The molecule has 0 saturated carbocycles. The van der Waals surface area contributed by atoms with Gasteiger partial charge in [0, 0.05) is 24.2 Å². The Morgan fingerprint density at radius 3 is 2.59 bits per heavy atom. The Hall–Kier alpha value is -0.420. The van der Waals surface area contributed by atoms with Gasteiger partial charge in [-0.25, -0.2) is 0 Å². The lowest BCUT2D eigenvalue weighted by Crippen LogP contribution is -2.28. The van der Waals surface area contributed by atoms with Crippen molar-refractivity contribution in [2.75, 3.05) is 33.4 Å². The van der Waals surface area contributed by atoms with Crippen LogP contribution >= 0.6 is 15.9 Å². The first-order valence-corrected chi connectivity index (χ1v) is 6.62. The normalized spacial score (nSPS) is 13.0. The average Bonchev–Trinajstić information content (AvgIpc) is 2.30. The fourth-order valence-corrected chi connectivity index (χ4v) is 1.81. The van der Waals surface area contributed by atoms with E-state index in [-0.39, 0.29) is 0 Å². The highest BCUT2D eigenvalue weighted by atomic mass is 79.9. The van der Waals surface area contributed by atoms with E-state index in [4.69, 9.17) is 4.74 Å². The number of aliphatic hydroxyl groups excluding tert-OH is 1. The molecule has 1 rings (SSSR count). The van der Waals surface area contributed by atoms with Gasteiger partial charge in [-0.05, 0) is 31.7 Å². The van der Waals surface area contributed by atoms with Crippen LogP contribution < -0.4 is 0 Å². The zero-order valence-corrected chi connectivity index (χ0v) is 12.0. The zero-order chi connectivity index (χ0) is 12.7. The van der Waals surface area contributed by atoms with Crippen molar-refractivity contribution in [3.05, 3.63) is 34.3 Å². The van der Waals surface area contributed by atoms with Gasteiger partial charge in [-0.15, -0.1) is 0 Å².